The fourth-order valence-electron chi connectivity index (χ4n) is 4.75. The minimum atomic E-state index is 0.0880. The van der Waals surface area contributed by atoms with Crippen molar-refractivity contribution in [2.45, 2.75) is 52.1 Å². The maximum atomic E-state index is 12.7. The first-order valence-electron chi connectivity index (χ1n) is 12.6. The summed E-state index contributed by atoms with van der Waals surface area (Å²) < 4.78 is 5.63. The number of nitrogens with one attached hydrogen (secondary N) is 1. The number of methoxy groups -OCH3 is 1. The van der Waals surface area contributed by atoms with Crippen LogP contribution in [0.3, 0.4) is 0 Å². The minimum absolute atomic E-state index is 0.0880. The van der Waals surface area contributed by atoms with Crippen molar-refractivity contribution in [3.8, 4) is 5.75 Å². The highest BCUT2D eigenvalue weighted by Gasteiger charge is 2.19. The molecule has 0 atom stereocenters. The zero-order chi connectivity index (χ0) is 24.5. The van der Waals surface area contributed by atoms with Crippen LogP contribution < -0.4 is 15.0 Å². The molecule has 1 aromatic heterocycles. The van der Waals surface area contributed by atoms with Gasteiger partial charge in [-0.2, -0.15) is 0 Å². The van der Waals surface area contributed by atoms with Crippen LogP contribution in [0.15, 0.2) is 66.9 Å². The van der Waals surface area contributed by atoms with Crippen molar-refractivity contribution in [1.29, 1.82) is 0 Å². The number of amides is 1. The van der Waals surface area contributed by atoms with E-state index < -0.39 is 0 Å². The van der Waals surface area contributed by atoms with E-state index in [2.05, 4.69) is 39.5 Å². The van der Waals surface area contributed by atoms with Gasteiger partial charge in [0.2, 0.25) is 5.91 Å². The van der Waals surface area contributed by atoms with Crippen LogP contribution in [0.1, 0.15) is 50.2 Å². The van der Waals surface area contributed by atoms with Gasteiger partial charge in [-0.15, -0.1) is 0 Å². The van der Waals surface area contributed by atoms with Crippen LogP contribution in [0.2, 0.25) is 0 Å². The van der Waals surface area contributed by atoms with Crippen molar-refractivity contribution >= 4 is 23.1 Å². The van der Waals surface area contributed by atoms with Crippen LogP contribution in [0.5, 0.6) is 5.75 Å². The molecule has 1 N–H and O–H groups in total. The van der Waals surface area contributed by atoms with E-state index in [1.807, 2.05) is 41.3 Å². The van der Waals surface area contributed by atoms with E-state index in [1.165, 1.54) is 18.4 Å². The second kappa shape index (κ2) is 12.4. The summed E-state index contributed by atoms with van der Waals surface area (Å²) in [5.41, 5.74) is 4.27. The Morgan fingerprint density at radius 2 is 1.74 bits per heavy atom. The third-order valence-electron chi connectivity index (χ3n) is 6.52. The molecular weight excluding hydrogens is 436 g/mol. The largest absolute Gasteiger partial charge is 0.496 e. The normalized spacial score (nSPS) is 15.4. The fraction of sp³-hybridized carbons (Fsp3) is 0.379. The van der Waals surface area contributed by atoms with Gasteiger partial charge in [0.1, 0.15) is 11.6 Å². The third-order valence-corrected chi connectivity index (χ3v) is 6.52. The Morgan fingerprint density at radius 1 is 0.971 bits per heavy atom. The van der Waals surface area contributed by atoms with E-state index in [0.717, 1.165) is 73.9 Å². The molecule has 2 heterocycles. The van der Waals surface area contributed by atoms with Gasteiger partial charge >= 0.3 is 0 Å². The number of nitrogens with zero attached hydrogens (tertiary/aromatic N) is 3. The smallest absolute Gasteiger partial charge is 0.223 e. The highest BCUT2D eigenvalue weighted by Crippen LogP contribution is 2.30. The fourth-order valence-corrected chi connectivity index (χ4v) is 4.75. The molecule has 3 aromatic rings. The van der Waals surface area contributed by atoms with Crippen LogP contribution in [0, 0.1) is 0 Å². The molecule has 0 bridgehead atoms. The molecule has 0 fully saturated rings. The molecular formula is C29H36N4O2. The molecule has 4 rings (SSSR count). The lowest BCUT2D eigenvalue weighted by Crippen LogP contribution is -2.32. The van der Waals surface area contributed by atoms with Gasteiger partial charge in [0.15, 0.2) is 0 Å². The van der Waals surface area contributed by atoms with Gasteiger partial charge in [0, 0.05) is 49.7 Å². The Balaban J connectivity index is 1.69. The predicted molar refractivity (Wildman–Crippen MR) is 142 cm³/mol. The molecule has 0 aliphatic carbocycles. The Hall–Kier alpha value is -3.38. The van der Waals surface area contributed by atoms with E-state index in [-0.39, 0.29) is 5.91 Å². The van der Waals surface area contributed by atoms with Crippen molar-refractivity contribution < 1.29 is 9.53 Å². The lowest BCUT2D eigenvalue weighted by atomic mass is 10.1. The maximum Gasteiger partial charge on any atom is 0.223 e. The Kier molecular flexibility index (Phi) is 8.74. The Morgan fingerprint density at radius 3 is 2.51 bits per heavy atom. The van der Waals surface area contributed by atoms with Gasteiger partial charge in [0.05, 0.1) is 7.11 Å². The molecule has 6 heteroatoms. The minimum Gasteiger partial charge on any atom is -0.496 e. The lowest BCUT2D eigenvalue weighted by Gasteiger charge is -2.29. The number of pyridine rings is 1. The van der Waals surface area contributed by atoms with Crippen molar-refractivity contribution in [2.24, 2.45) is 0 Å². The average molecular weight is 473 g/mol. The van der Waals surface area contributed by atoms with E-state index in [4.69, 9.17) is 4.74 Å². The van der Waals surface area contributed by atoms with Gasteiger partial charge in [-0.25, -0.2) is 4.98 Å². The number of ether oxygens (including phenoxy) is 1. The number of carbonyl (C=O) groups is 1. The first-order chi connectivity index (χ1) is 17.1. The number of carbonyl (C=O) groups excluding carboxylic acids is 1. The van der Waals surface area contributed by atoms with E-state index >= 15 is 0 Å². The second-order valence-electron chi connectivity index (χ2n) is 9.14. The molecule has 184 valence electrons. The summed E-state index contributed by atoms with van der Waals surface area (Å²) in [6.07, 6.45) is 7.52. The second-order valence-corrected chi connectivity index (χ2v) is 9.14. The number of hydrogen-bond donors (Lipinski definition) is 1. The van der Waals surface area contributed by atoms with Crippen LogP contribution in [0.25, 0.3) is 0 Å². The number of hydrogen-bond acceptors (Lipinski definition) is 5. The Labute approximate surface area is 208 Å². The zero-order valence-corrected chi connectivity index (χ0v) is 20.9. The van der Waals surface area contributed by atoms with Gasteiger partial charge < -0.3 is 15.0 Å². The summed E-state index contributed by atoms with van der Waals surface area (Å²) in [5, 5.41) is 3.41. The SMILES string of the molecule is COc1ccccc1CN1CCCCCCCN(C(C)=O)c2ccc(Nc3ccccn3)cc2C1. The van der Waals surface area contributed by atoms with Gasteiger partial charge in [-0.3, -0.25) is 9.69 Å². The molecule has 0 saturated heterocycles. The van der Waals surface area contributed by atoms with Gasteiger partial charge in [0.25, 0.3) is 0 Å². The summed E-state index contributed by atoms with van der Waals surface area (Å²) in [4.78, 5) is 21.5. The summed E-state index contributed by atoms with van der Waals surface area (Å²) in [7, 11) is 1.73. The number of rotatable bonds is 5. The summed E-state index contributed by atoms with van der Waals surface area (Å²) >= 11 is 0. The number of fused-ring (bicyclic) bond motifs is 1. The van der Waals surface area contributed by atoms with E-state index in [0.29, 0.717) is 0 Å². The van der Waals surface area contributed by atoms with Crippen molar-refractivity contribution in [3.05, 3.63) is 78.0 Å². The standard InChI is InChI=1S/C29H36N4O2/c1-23(34)33-19-11-5-3-4-10-18-32(21-24-12-6-7-13-28(24)35-2)22-25-20-26(15-16-27(25)33)31-29-14-8-9-17-30-29/h6-9,12-17,20H,3-5,10-11,18-19,21-22H2,1-2H3,(H,30,31). The molecule has 1 aliphatic rings. The number of anilines is 3. The molecule has 2 aromatic carbocycles. The quantitative estimate of drug-likeness (QED) is 0.482. The summed E-state index contributed by atoms with van der Waals surface area (Å²) in [6, 6.07) is 20.3. The third kappa shape index (κ3) is 6.83. The maximum absolute atomic E-state index is 12.7. The van der Waals surface area contributed by atoms with E-state index in [1.54, 1.807) is 20.2 Å². The summed E-state index contributed by atoms with van der Waals surface area (Å²) in [5.74, 6) is 1.80. The first kappa shape index (κ1) is 24.7. The monoisotopic (exact) mass is 472 g/mol. The molecule has 1 aliphatic heterocycles. The molecule has 1 amide bonds. The van der Waals surface area contributed by atoms with Crippen LogP contribution in [-0.2, 0) is 17.9 Å². The molecule has 0 unspecified atom stereocenters. The predicted octanol–water partition coefficient (Wildman–Crippen LogP) is 6.15. The van der Waals surface area contributed by atoms with Crippen LogP contribution in [0.4, 0.5) is 17.2 Å². The van der Waals surface area contributed by atoms with Crippen molar-refractivity contribution in [1.82, 2.24) is 9.88 Å². The highest BCUT2D eigenvalue weighted by molar-refractivity contribution is 5.92. The summed E-state index contributed by atoms with van der Waals surface area (Å²) in [6.45, 7) is 4.95. The first-order valence-corrected chi connectivity index (χ1v) is 12.6. The zero-order valence-electron chi connectivity index (χ0n) is 20.9. The number of benzene rings is 2. The average Bonchev–Trinajstić information content (AvgIpc) is 2.86. The molecule has 0 radical (unpaired) electrons. The molecule has 0 spiro atoms. The molecule has 6 nitrogen and oxygen atoms in total. The number of para-hydroxylation sites is 1. The van der Waals surface area contributed by atoms with Crippen molar-refractivity contribution in [3.63, 3.8) is 0 Å². The highest BCUT2D eigenvalue weighted by atomic mass is 16.5. The molecule has 0 saturated carbocycles. The lowest BCUT2D eigenvalue weighted by molar-refractivity contribution is -0.116. The van der Waals surface area contributed by atoms with Gasteiger partial charge in [-0.1, -0.05) is 43.5 Å². The van der Waals surface area contributed by atoms with Crippen LogP contribution in [-0.4, -0.2) is 36.0 Å². The van der Waals surface area contributed by atoms with E-state index in [9.17, 15) is 4.79 Å². The van der Waals surface area contributed by atoms with Crippen LogP contribution >= 0.6 is 0 Å². The topological polar surface area (TPSA) is 57.7 Å². The number of aromatic nitrogens is 1. The van der Waals surface area contributed by atoms with Gasteiger partial charge in [-0.05, 0) is 61.3 Å². The van der Waals surface area contributed by atoms with Crippen molar-refractivity contribution in [2.75, 3.05) is 30.4 Å². The Bertz CT molecular complexity index is 1100. The molecule has 35 heavy (non-hydrogen) atoms.